The first-order valence-corrected chi connectivity index (χ1v) is 6.93. The minimum atomic E-state index is -4.75. The van der Waals surface area contributed by atoms with Crippen LogP contribution in [0.25, 0.3) is 0 Å². The van der Waals surface area contributed by atoms with Crippen molar-refractivity contribution in [1.29, 1.82) is 0 Å². The predicted molar refractivity (Wildman–Crippen MR) is 67.2 cm³/mol. The van der Waals surface area contributed by atoms with Gasteiger partial charge in [0.05, 0.1) is 0 Å². The first kappa shape index (κ1) is 14.4. The number of rotatable bonds is 4. The van der Waals surface area contributed by atoms with Crippen molar-refractivity contribution in [2.75, 3.05) is 0 Å². The molecule has 21 heavy (non-hydrogen) atoms. The van der Waals surface area contributed by atoms with Gasteiger partial charge in [0.1, 0.15) is 6.10 Å². The topological polar surface area (TPSA) is 38.8 Å². The second kappa shape index (κ2) is 5.02. The number of aryl methyl sites for hydroxylation is 1. The minimum absolute atomic E-state index is 0.312. The number of carbonyl (C=O) groups is 1. The highest BCUT2D eigenvalue weighted by molar-refractivity contribution is 5.94. The van der Waals surface area contributed by atoms with E-state index in [1.54, 1.807) is 0 Å². The van der Waals surface area contributed by atoms with Crippen LogP contribution in [0.15, 0.2) is 30.3 Å². The van der Waals surface area contributed by atoms with Crippen molar-refractivity contribution in [3.8, 4) is 0 Å². The Morgan fingerprint density at radius 3 is 2.52 bits per heavy atom. The molecule has 3 unspecified atom stereocenters. The quantitative estimate of drug-likeness (QED) is 0.801. The van der Waals surface area contributed by atoms with Crippen molar-refractivity contribution >= 4 is 5.97 Å². The zero-order chi connectivity index (χ0) is 15.1. The molecule has 1 saturated carbocycles. The molecular weight excluding hydrogens is 285 g/mol. The number of epoxide rings is 1. The maximum Gasteiger partial charge on any atom is 0.522 e. The van der Waals surface area contributed by atoms with Crippen molar-refractivity contribution in [1.82, 2.24) is 0 Å². The van der Waals surface area contributed by atoms with Crippen molar-refractivity contribution < 1.29 is 27.4 Å². The molecule has 1 aromatic rings. The summed E-state index contributed by atoms with van der Waals surface area (Å²) in [7, 11) is 0. The van der Waals surface area contributed by atoms with Crippen LogP contribution in [-0.4, -0.2) is 24.0 Å². The standard InChI is InChI=1S/C15H15F3O3/c16-15(17,18)20-12-11(8-9-14(12)13(19)21-14)7-6-10-4-2-1-3-5-10/h1-5,11-12H,6-9H2. The van der Waals surface area contributed by atoms with Gasteiger partial charge in [-0.2, -0.15) is 0 Å². The smallest absolute Gasteiger partial charge is 0.441 e. The van der Waals surface area contributed by atoms with Gasteiger partial charge in [0.25, 0.3) is 0 Å². The van der Waals surface area contributed by atoms with Gasteiger partial charge in [-0.25, -0.2) is 4.79 Å². The third kappa shape index (κ3) is 2.90. The largest absolute Gasteiger partial charge is 0.522 e. The lowest BCUT2D eigenvalue weighted by Gasteiger charge is -2.22. The summed E-state index contributed by atoms with van der Waals surface area (Å²) in [6.45, 7) is 0. The van der Waals surface area contributed by atoms with E-state index >= 15 is 0 Å². The van der Waals surface area contributed by atoms with Crippen LogP contribution in [0.1, 0.15) is 24.8 Å². The summed E-state index contributed by atoms with van der Waals surface area (Å²) in [5.41, 5.74) is -0.274. The molecule has 2 aliphatic rings. The highest BCUT2D eigenvalue weighted by Gasteiger charge is 2.70. The zero-order valence-corrected chi connectivity index (χ0v) is 11.2. The Morgan fingerprint density at radius 1 is 1.29 bits per heavy atom. The van der Waals surface area contributed by atoms with Crippen LogP contribution >= 0.6 is 0 Å². The number of hydrogen-bond acceptors (Lipinski definition) is 3. The van der Waals surface area contributed by atoms with E-state index in [2.05, 4.69) is 4.74 Å². The molecule has 1 aliphatic carbocycles. The van der Waals surface area contributed by atoms with Gasteiger partial charge in [-0.3, -0.25) is 4.74 Å². The average molecular weight is 300 g/mol. The highest BCUT2D eigenvalue weighted by Crippen LogP contribution is 2.52. The van der Waals surface area contributed by atoms with Gasteiger partial charge in [-0.05, 0) is 30.7 Å². The number of hydrogen-bond donors (Lipinski definition) is 0. The second-order valence-electron chi connectivity index (χ2n) is 5.59. The van der Waals surface area contributed by atoms with E-state index in [4.69, 9.17) is 4.74 Å². The summed E-state index contributed by atoms with van der Waals surface area (Å²) < 4.78 is 46.7. The number of halogens is 3. The number of ether oxygens (including phenoxy) is 2. The molecule has 1 heterocycles. The molecule has 6 heteroatoms. The number of alkyl halides is 3. The van der Waals surface area contributed by atoms with Crippen molar-refractivity contribution in [2.45, 2.75) is 43.8 Å². The van der Waals surface area contributed by atoms with E-state index < -0.39 is 24.0 Å². The third-order valence-corrected chi connectivity index (χ3v) is 4.26. The van der Waals surface area contributed by atoms with E-state index in [0.717, 1.165) is 5.56 Å². The highest BCUT2D eigenvalue weighted by atomic mass is 19.4. The minimum Gasteiger partial charge on any atom is -0.441 e. The molecule has 1 aromatic carbocycles. The third-order valence-electron chi connectivity index (χ3n) is 4.26. The van der Waals surface area contributed by atoms with E-state index in [0.29, 0.717) is 25.7 Å². The summed E-state index contributed by atoms with van der Waals surface area (Å²) in [5.74, 6) is -0.891. The molecule has 0 aromatic heterocycles. The number of benzene rings is 1. The van der Waals surface area contributed by atoms with E-state index in [1.807, 2.05) is 30.3 Å². The maximum atomic E-state index is 12.6. The molecule has 0 bridgehead atoms. The molecule has 3 nitrogen and oxygen atoms in total. The molecule has 3 atom stereocenters. The van der Waals surface area contributed by atoms with Gasteiger partial charge in [0.15, 0.2) is 0 Å². The van der Waals surface area contributed by atoms with Gasteiger partial charge in [-0.1, -0.05) is 30.3 Å². The monoisotopic (exact) mass is 300 g/mol. The average Bonchev–Trinajstić information content (AvgIpc) is 2.96. The van der Waals surface area contributed by atoms with E-state index in [1.165, 1.54) is 0 Å². The maximum absolute atomic E-state index is 12.6. The summed E-state index contributed by atoms with van der Waals surface area (Å²) in [6.07, 6.45) is -3.94. The van der Waals surface area contributed by atoms with Gasteiger partial charge in [0, 0.05) is 6.42 Å². The van der Waals surface area contributed by atoms with Gasteiger partial charge in [0.2, 0.25) is 5.60 Å². The Hall–Kier alpha value is -1.56. The lowest BCUT2D eigenvalue weighted by atomic mass is 9.94. The Morgan fingerprint density at radius 2 is 1.95 bits per heavy atom. The van der Waals surface area contributed by atoms with Crippen LogP contribution < -0.4 is 0 Å². The molecule has 0 amide bonds. The normalized spacial score (nSPS) is 31.5. The SMILES string of the molecule is O=C1OC12CCC(CCc1ccccc1)C2OC(F)(F)F. The number of carbonyl (C=O) groups excluding carboxylic acids is 1. The Balaban J connectivity index is 1.68. The molecule has 1 aliphatic heterocycles. The molecule has 2 fully saturated rings. The van der Waals surface area contributed by atoms with Gasteiger partial charge < -0.3 is 4.74 Å². The van der Waals surface area contributed by atoms with Crippen molar-refractivity contribution in [3.05, 3.63) is 35.9 Å². The van der Waals surface area contributed by atoms with Gasteiger partial charge in [-0.15, -0.1) is 13.2 Å². The molecule has 114 valence electrons. The van der Waals surface area contributed by atoms with Crippen molar-refractivity contribution in [3.63, 3.8) is 0 Å². The molecule has 3 rings (SSSR count). The zero-order valence-electron chi connectivity index (χ0n) is 11.2. The molecular formula is C15H15F3O3. The lowest BCUT2D eigenvalue weighted by Crippen LogP contribution is -2.37. The fraction of sp³-hybridized carbons (Fsp3) is 0.533. The Bertz CT molecular complexity index is 529. The summed E-state index contributed by atoms with van der Waals surface area (Å²) in [5, 5.41) is 0. The van der Waals surface area contributed by atoms with E-state index in [-0.39, 0.29) is 5.92 Å². The molecule has 1 saturated heterocycles. The fourth-order valence-electron chi connectivity index (χ4n) is 3.17. The van der Waals surface area contributed by atoms with Crippen LogP contribution in [0.2, 0.25) is 0 Å². The summed E-state index contributed by atoms with van der Waals surface area (Å²) in [4.78, 5) is 11.4. The lowest BCUT2D eigenvalue weighted by molar-refractivity contribution is -0.351. The first-order chi connectivity index (χ1) is 9.91. The molecule has 0 radical (unpaired) electrons. The molecule has 0 N–H and O–H groups in total. The molecule has 1 spiro atoms. The van der Waals surface area contributed by atoms with Crippen LogP contribution in [0.4, 0.5) is 13.2 Å². The van der Waals surface area contributed by atoms with Gasteiger partial charge >= 0.3 is 12.3 Å². The van der Waals surface area contributed by atoms with Crippen LogP contribution in [-0.2, 0) is 20.7 Å². The predicted octanol–water partition coefficient (Wildman–Crippen LogP) is 3.23. The Kier molecular flexibility index (Phi) is 3.43. The first-order valence-electron chi connectivity index (χ1n) is 6.93. The van der Waals surface area contributed by atoms with E-state index in [9.17, 15) is 18.0 Å². The van der Waals surface area contributed by atoms with Crippen molar-refractivity contribution in [2.24, 2.45) is 5.92 Å². The summed E-state index contributed by atoms with van der Waals surface area (Å²) in [6, 6.07) is 9.54. The summed E-state index contributed by atoms with van der Waals surface area (Å²) >= 11 is 0. The van der Waals surface area contributed by atoms with Crippen LogP contribution in [0.3, 0.4) is 0 Å². The Labute approximate surface area is 120 Å². The second-order valence-corrected chi connectivity index (χ2v) is 5.59. The van der Waals surface area contributed by atoms with Crippen LogP contribution in [0.5, 0.6) is 0 Å². The fourth-order valence-corrected chi connectivity index (χ4v) is 3.17. The van der Waals surface area contributed by atoms with Crippen LogP contribution in [0, 0.1) is 5.92 Å².